The topological polar surface area (TPSA) is 42.2 Å². The molecule has 0 aliphatic carbocycles. The van der Waals surface area contributed by atoms with Gasteiger partial charge in [-0.2, -0.15) is 0 Å². The van der Waals surface area contributed by atoms with Crippen LogP contribution in [0.25, 0.3) is 0 Å². The fourth-order valence-corrected chi connectivity index (χ4v) is 2.26. The van der Waals surface area contributed by atoms with Crippen LogP contribution in [0.4, 0.5) is 20.3 Å². The number of alkyl halides is 2. The van der Waals surface area contributed by atoms with Crippen molar-refractivity contribution in [2.45, 2.75) is 25.7 Å². The summed E-state index contributed by atoms with van der Waals surface area (Å²) in [5.41, 5.74) is 6.36. The first-order valence-electron chi connectivity index (χ1n) is 5.82. The number of nitrogen functional groups attached to an aromatic ring is 1. The molecule has 0 saturated carbocycles. The summed E-state index contributed by atoms with van der Waals surface area (Å²) in [6.07, 6.45) is 2.95. The smallest absolute Gasteiger partial charge is 0.249 e. The number of anilines is 2. The predicted octanol–water partition coefficient (Wildman–Crippen LogP) is 2.54. The van der Waals surface area contributed by atoms with Crippen LogP contribution in [0.5, 0.6) is 0 Å². The molecule has 1 atom stereocenters. The zero-order valence-corrected chi connectivity index (χ0v) is 9.87. The standard InChI is InChI=1S/C12H17F2N3/c1-12(13,14)9-4-3-7-17(8-9)11-10(15)5-2-6-16-11/h2,5-6,9H,3-4,7-8,15H2,1H3. The molecule has 1 aromatic heterocycles. The van der Waals surface area contributed by atoms with E-state index in [4.69, 9.17) is 5.73 Å². The Labute approximate surface area is 99.6 Å². The van der Waals surface area contributed by atoms with Crippen LogP contribution in [0.3, 0.4) is 0 Å². The molecule has 2 N–H and O–H groups in total. The Morgan fingerprint density at radius 1 is 1.53 bits per heavy atom. The second-order valence-corrected chi connectivity index (χ2v) is 4.66. The molecule has 1 aliphatic rings. The van der Waals surface area contributed by atoms with Crippen molar-refractivity contribution >= 4 is 11.5 Å². The number of rotatable bonds is 2. The van der Waals surface area contributed by atoms with Crippen molar-refractivity contribution in [3.63, 3.8) is 0 Å². The highest BCUT2D eigenvalue weighted by molar-refractivity contribution is 5.62. The fraction of sp³-hybridized carbons (Fsp3) is 0.583. The summed E-state index contributed by atoms with van der Waals surface area (Å²) in [7, 11) is 0. The van der Waals surface area contributed by atoms with Gasteiger partial charge < -0.3 is 10.6 Å². The molecule has 1 aliphatic heterocycles. The SMILES string of the molecule is CC(F)(F)C1CCCN(c2ncccc2N)C1. The third kappa shape index (κ3) is 2.65. The van der Waals surface area contributed by atoms with Gasteiger partial charge in [-0.15, -0.1) is 0 Å². The molecule has 1 fully saturated rings. The zero-order chi connectivity index (χ0) is 12.5. The Kier molecular flexibility index (Phi) is 3.17. The van der Waals surface area contributed by atoms with E-state index >= 15 is 0 Å². The number of halogens is 2. The van der Waals surface area contributed by atoms with Gasteiger partial charge in [0, 0.05) is 25.2 Å². The molecule has 5 heteroatoms. The molecule has 0 amide bonds. The summed E-state index contributed by atoms with van der Waals surface area (Å²) in [5, 5.41) is 0. The highest BCUT2D eigenvalue weighted by atomic mass is 19.3. The van der Waals surface area contributed by atoms with E-state index in [1.807, 2.05) is 4.90 Å². The normalized spacial score (nSPS) is 21.6. The van der Waals surface area contributed by atoms with Crippen molar-refractivity contribution in [2.75, 3.05) is 23.7 Å². The van der Waals surface area contributed by atoms with Crippen molar-refractivity contribution in [1.29, 1.82) is 0 Å². The molecule has 94 valence electrons. The summed E-state index contributed by atoms with van der Waals surface area (Å²) in [6.45, 7) is 2.06. The maximum absolute atomic E-state index is 13.3. The molecular formula is C12H17F2N3. The van der Waals surface area contributed by atoms with Gasteiger partial charge in [-0.25, -0.2) is 13.8 Å². The van der Waals surface area contributed by atoms with E-state index in [9.17, 15) is 8.78 Å². The Hall–Kier alpha value is -1.39. The summed E-state index contributed by atoms with van der Waals surface area (Å²) >= 11 is 0. The largest absolute Gasteiger partial charge is 0.396 e. The molecule has 1 unspecified atom stereocenters. The van der Waals surface area contributed by atoms with E-state index in [2.05, 4.69) is 4.98 Å². The van der Waals surface area contributed by atoms with Gasteiger partial charge in [0.1, 0.15) is 0 Å². The third-order valence-electron chi connectivity index (χ3n) is 3.25. The van der Waals surface area contributed by atoms with Crippen molar-refractivity contribution in [3.8, 4) is 0 Å². The molecule has 3 nitrogen and oxygen atoms in total. The van der Waals surface area contributed by atoms with Crippen LogP contribution in [0, 0.1) is 5.92 Å². The number of hydrogen-bond donors (Lipinski definition) is 1. The lowest BCUT2D eigenvalue weighted by Crippen LogP contribution is -2.42. The highest BCUT2D eigenvalue weighted by Gasteiger charge is 2.37. The van der Waals surface area contributed by atoms with E-state index in [0.717, 1.165) is 19.9 Å². The van der Waals surface area contributed by atoms with Gasteiger partial charge in [-0.1, -0.05) is 0 Å². The van der Waals surface area contributed by atoms with E-state index in [0.29, 0.717) is 24.5 Å². The molecule has 2 rings (SSSR count). The number of nitrogens with two attached hydrogens (primary N) is 1. The van der Waals surface area contributed by atoms with Crippen molar-refractivity contribution in [1.82, 2.24) is 4.98 Å². The average Bonchev–Trinajstić information content (AvgIpc) is 2.29. The number of hydrogen-bond acceptors (Lipinski definition) is 3. The lowest BCUT2D eigenvalue weighted by Gasteiger charge is -2.36. The maximum Gasteiger partial charge on any atom is 0.249 e. The molecular weight excluding hydrogens is 224 g/mol. The Morgan fingerprint density at radius 2 is 2.29 bits per heavy atom. The molecule has 0 radical (unpaired) electrons. The quantitative estimate of drug-likeness (QED) is 0.865. The monoisotopic (exact) mass is 241 g/mol. The first-order chi connectivity index (χ1) is 7.98. The first kappa shape index (κ1) is 12.1. The lowest BCUT2D eigenvalue weighted by atomic mass is 9.92. The van der Waals surface area contributed by atoms with E-state index in [1.54, 1.807) is 18.3 Å². The Morgan fingerprint density at radius 3 is 2.94 bits per heavy atom. The van der Waals surface area contributed by atoms with Crippen LogP contribution in [0.2, 0.25) is 0 Å². The summed E-state index contributed by atoms with van der Waals surface area (Å²) in [4.78, 5) is 6.04. The minimum absolute atomic E-state index is 0.324. The Balaban J connectivity index is 2.15. The first-order valence-corrected chi connectivity index (χ1v) is 5.82. The molecule has 1 saturated heterocycles. The van der Waals surface area contributed by atoms with Crippen LogP contribution < -0.4 is 10.6 Å². The van der Waals surface area contributed by atoms with Crippen molar-refractivity contribution < 1.29 is 8.78 Å². The van der Waals surface area contributed by atoms with Gasteiger partial charge in [-0.05, 0) is 31.9 Å². The lowest BCUT2D eigenvalue weighted by molar-refractivity contribution is -0.0439. The van der Waals surface area contributed by atoms with Gasteiger partial charge in [0.2, 0.25) is 5.92 Å². The number of piperidine rings is 1. The molecule has 0 bridgehead atoms. The average molecular weight is 241 g/mol. The Bertz CT molecular complexity index is 390. The minimum Gasteiger partial charge on any atom is -0.396 e. The van der Waals surface area contributed by atoms with Gasteiger partial charge >= 0.3 is 0 Å². The molecule has 17 heavy (non-hydrogen) atoms. The van der Waals surface area contributed by atoms with Crippen LogP contribution in [0.15, 0.2) is 18.3 Å². The van der Waals surface area contributed by atoms with Crippen LogP contribution >= 0.6 is 0 Å². The maximum atomic E-state index is 13.3. The number of nitrogens with zero attached hydrogens (tertiary/aromatic N) is 2. The van der Waals surface area contributed by atoms with Crippen molar-refractivity contribution in [2.24, 2.45) is 5.92 Å². The van der Waals surface area contributed by atoms with E-state index in [1.165, 1.54) is 0 Å². The highest BCUT2D eigenvalue weighted by Crippen LogP contribution is 2.34. The van der Waals surface area contributed by atoms with Crippen LogP contribution in [-0.4, -0.2) is 24.0 Å². The second-order valence-electron chi connectivity index (χ2n) is 4.66. The van der Waals surface area contributed by atoms with Gasteiger partial charge in [0.25, 0.3) is 0 Å². The third-order valence-corrected chi connectivity index (χ3v) is 3.25. The van der Waals surface area contributed by atoms with Gasteiger partial charge in [0.15, 0.2) is 5.82 Å². The van der Waals surface area contributed by atoms with Gasteiger partial charge in [-0.3, -0.25) is 0 Å². The van der Waals surface area contributed by atoms with E-state index in [-0.39, 0.29) is 0 Å². The van der Waals surface area contributed by atoms with Crippen molar-refractivity contribution in [3.05, 3.63) is 18.3 Å². The summed E-state index contributed by atoms with van der Waals surface area (Å²) < 4.78 is 26.6. The number of pyridine rings is 1. The predicted molar refractivity (Wildman–Crippen MR) is 64.2 cm³/mol. The fourth-order valence-electron chi connectivity index (χ4n) is 2.26. The second kappa shape index (κ2) is 4.47. The molecule has 0 spiro atoms. The molecule has 0 aromatic carbocycles. The van der Waals surface area contributed by atoms with E-state index < -0.39 is 11.8 Å². The summed E-state index contributed by atoms with van der Waals surface area (Å²) in [6, 6.07) is 3.49. The molecule has 1 aromatic rings. The molecule has 2 heterocycles. The zero-order valence-electron chi connectivity index (χ0n) is 9.87. The van der Waals surface area contributed by atoms with Gasteiger partial charge in [0.05, 0.1) is 5.69 Å². The van der Waals surface area contributed by atoms with Crippen LogP contribution in [-0.2, 0) is 0 Å². The summed E-state index contributed by atoms with van der Waals surface area (Å²) in [5.74, 6) is -2.62. The minimum atomic E-state index is -2.64. The number of aromatic nitrogens is 1. The van der Waals surface area contributed by atoms with Crippen LogP contribution in [0.1, 0.15) is 19.8 Å².